The largest absolute Gasteiger partial charge is 0.506 e. The van der Waals surface area contributed by atoms with E-state index in [1.807, 2.05) is 0 Å². The van der Waals surface area contributed by atoms with E-state index in [0.29, 0.717) is 18.5 Å². The quantitative estimate of drug-likeness (QED) is 0.591. The van der Waals surface area contributed by atoms with Gasteiger partial charge in [0.25, 0.3) is 0 Å². The van der Waals surface area contributed by atoms with E-state index in [-0.39, 0.29) is 5.75 Å². The van der Waals surface area contributed by atoms with Gasteiger partial charge in [-0.3, -0.25) is 4.98 Å². The van der Waals surface area contributed by atoms with E-state index in [2.05, 4.69) is 16.8 Å². The van der Waals surface area contributed by atoms with Crippen LogP contribution < -0.4 is 5.73 Å². The number of rotatable bonds is 1. The van der Waals surface area contributed by atoms with Crippen LogP contribution in [0.25, 0.3) is 0 Å². The summed E-state index contributed by atoms with van der Waals surface area (Å²) < 4.78 is 0. The summed E-state index contributed by atoms with van der Waals surface area (Å²) in [4.78, 5) is 3.78. The molecule has 1 aromatic heterocycles. The number of nitrogens with two attached hydrogens (primary N) is 1. The molecular formula is C9H10N2O. The predicted octanol–water partition coefficient (Wildman–Crippen LogP) is 0.488. The van der Waals surface area contributed by atoms with E-state index in [0.717, 1.165) is 0 Å². The second kappa shape index (κ2) is 4.37. The molecule has 0 atom stereocenters. The molecule has 12 heavy (non-hydrogen) atoms. The van der Waals surface area contributed by atoms with Gasteiger partial charge in [0.05, 0.1) is 6.20 Å². The smallest absolute Gasteiger partial charge is 0.135 e. The van der Waals surface area contributed by atoms with Crippen LogP contribution in [0.3, 0.4) is 0 Å². The Labute approximate surface area is 71.2 Å². The molecular weight excluding hydrogens is 152 g/mol. The van der Waals surface area contributed by atoms with Crippen LogP contribution in [0, 0.1) is 11.8 Å². The SMILES string of the molecule is NCCC#Cc1cncc(O)c1. The average Bonchev–Trinajstić information content (AvgIpc) is 2.05. The maximum absolute atomic E-state index is 9.01. The first-order chi connectivity index (χ1) is 5.83. The normalized spacial score (nSPS) is 8.75. The van der Waals surface area contributed by atoms with E-state index < -0.39 is 0 Å². The monoisotopic (exact) mass is 162 g/mol. The zero-order valence-corrected chi connectivity index (χ0v) is 6.62. The van der Waals surface area contributed by atoms with E-state index in [1.54, 1.807) is 12.3 Å². The standard InChI is InChI=1S/C9H10N2O/c10-4-2-1-3-8-5-9(12)7-11-6-8/h5-7,12H,2,4,10H2. The van der Waals surface area contributed by atoms with Gasteiger partial charge in [-0.15, -0.1) is 0 Å². The molecule has 0 aliphatic heterocycles. The highest BCUT2D eigenvalue weighted by Crippen LogP contribution is 2.06. The minimum Gasteiger partial charge on any atom is -0.506 e. The lowest BCUT2D eigenvalue weighted by atomic mass is 10.2. The molecule has 62 valence electrons. The minimum absolute atomic E-state index is 0.134. The van der Waals surface area contributed by atoms with Crippen molar-refractivity contribution in [3.63, 3.8) is 0 Å². The molecule has 0 aromatic carbocycles. The lowest BCUT2D eigenvalue weighted by Crippen LogP contribution is -1.95. The third kappa shape index (κ3) is 2.60. The molecule has 0 aliphatic rings. The maximum Gasteiger partial charge on any atom is 0.135 e. The molecule has 1 heterocycles. The molecule has 0 spiro atoms. The van der Waals surface area contributed by atoms with Gasteiger partial charge in [0.1, 0.15) is 5.75 Å². The van der Waals surface area contributed by atoms with E-state index >= 15 is 0 Å². The molecule has 1 rings (SSSR count). The Morgan fingerprint density at radius 2 is 2.33 bits per heavy atom. The van der Waals surface area contributed by atoms with Crippen molar-refractivity contribution in [3.05, 3.63) is 24.0 Å². The first kappa shape index (κ1) is 8.57. The topological polar surface area (TPSA) is 59.1 Å². The van der Waals surface area contributed by atoms with Gasteiger partial charge in [0, 0.05) is 24.7 Å². The molecule has 0 unspecified atom stereocenters. The van der Waals surface area contributed by atoms with E-state index in [1.165, 1.54) is 6.20 Å². The second-order valence-electron chi connectivity index (χ2n) is 2.27. The Morgan fingerprint density at radius 3 is 3.00 bits per heavy atom. The molecule has 3 heteroatoms. The van der Waals surface area contributed by atoms with Crippen LogP contribution in [-0.4, -0.2) is 16.6 Å². The number of aromatic hydroxyl groups is 1. The minimum atomic E-state index is 0.134. The van der Waals surface area contributed by atoms with Gasteiger partial charge in [-0.2, -0.15) is 0 Å². The number of pyridine rings is 1. The highest BCUT2D eigenvalue weighted by molar-refractivity contribution is 5.35. The Hall–Kier alpha value is -1.53. The fourth-order valence-electron chi connectivity index (χ4n) is 0.733. The molecule has 0 aliphatic carbocycles. The molecule has 0 amide bonds. The van der Waals surface area contributed by atoms with Gasteiger partial charge in [0.2, 0.25) is 0 Å². The van der Waals surface area contributed by atoms with Crippen LogP contribution in [-0.2, 0) is 0 Å². The van der Waals surface area contributed by atoms with Crippen molar-refractivity contribution in [2.75, 3.05) is 6.54 Å². The molecule has 0 radical (unpaired) electrons. The van der Waals surface area contributed by atoms with Crippen LogP contribution in [0.5, 0.6) is 5.75 Å². The zero-order chi connectivity index (χ0) is 8.81. The summed E-state index contributed by atoms with van der Waals surface area (Å²) in [5.41, 5.74) is 5.97. The molecule has 0 saturated carbocycles. The lowest BCUT2D eigenvalue weighted by Gasteiger charge is -1.90. The summed E-state index contributed by atoms with van der Waals surface area (Å²) in [6, 6.07) is 1.57. The van der Waals surface area contributed by atoms with E-state index in [4.69, 9.17) is 10.8 Å². The highest BCUT2D eigenvalue weighted by Gasteiger charge is 1.88. The van der Waals surface area contributed by atoms with Gasteiger partial charge in [-0.1, -0.05) is 11.8 Å². The zero-order valence-electron chi connectivity index (χ0n) is 6.62. The van der Waals surface area contributed by atoms with Crippen molar-refractivity contribution >= 4 is 0 Å². The van der Waals surface area contributed by atoms with Crippen LogP contribution >= 0.6 is 0 Å². The summed E-state index contributed by atoms with van der Waals surface area (Å²) in [5, 5.41) is 9.01. The predicted molar refractivity (Wildman–Crippen MR) is 46.5 cm³/mol. The van der Waals surface area contributed by atoms with Crippen LogP contribution in [0.1, 0.15) is 12.0 Å². The first-order valence-corrected chi connectivity index (χ1v) is 3.66. The Morgan fingerprint density at radius 1 is 1.50 bits per heavy atom. The highest BCUT2D eigenvalue weighted by atomic mass is 16.3. The molecule has 0 fully saturated rings. The molecule has 1 aromatic rings. The Bertz CT molecular complexity index is 312. The molecule has 0 bridgehead atoms. The molecule has 3 nitrogen and oxygen atoms in total. The Balaban J connectivity index is 2.71. The summed E-state index contributed by atoms with van der Waals surface area (Å²) in [6.07, 6.45) is 3.63. The summed E-state index contributed by atoms with van der Waals surface area (Å²) in [6.45, 7) is 0.555. The van der Waals surface area contributed by atoms with Crippen LogP contribution in [0.2, 0.25) is 0 Å². The van der Waals surface area contributed by atoms with Crippen molar-refractivity contribution in [2.24, 2.45) is 5.73 Å². The average molecular weight is 162 g/mol. The fourth-order valence-corrected chi connectivity index (χ4v) is 0.733. The van der Waals surface area contributed by atoms with Crippen molar-refractivity contribution < 1.29 is 5.11 Å². The second-order valence-corrected chi connectivity index (χ2v) is 2.27. The van der Waals surface area contributed by atoms with Gasteiger partial charge >= 0.3 is 0 Å². The summed E-state index contributed by atoms with van der Waals surface area (Å²) in [5.74, 6) is 5.82. The lowest BCUT2D eigenvalue weighted by molar-refractivity contribution is 0.472. The van der Waals surface area contributed by atoms with Crippen molar-refractivity contribution in [1.82, 2.24) is 4.98 Å². The van der Waals surface area contributed by atoms with Crippen molar-refractivity contribution in [2.45, 2.75) is 6.42 Å². The number of hydrogen-bond donors (Lipinski definition) is 2. The third-order valence-corrected chi connectivity index (χ3v) is 1.23. The summed E-state index contributed by atoms with van der Waals surface area (Å²) >= 11 is 0. The van der Waals surface area contributed by atoms with Crippen LogP contribution in [0.15, 0.2) is 18.5 Å². The van der Waals surface area contributed by atoms with Gasteiger partial charge in [-0.05, 0) is 6.07 Å². The van der Waals surface area contributed by atoms with Crippen molar-refractivity contribution in [1.29, 1.82) is 0 Å². The van der Waals surface area contributed by atoms with Gasteiger partial charge < -0.3 is 10.8 Å². The van der Waals surface area contributed by atoms with Crippen LogP contribution in [0.4, 0.5) is 0 Å². The molecule has 3 N–H and O–H groups in total. The number of aromatic nitrogens is 1. The first-order valence-electron chi connectivity index (χ1n) is 3.66. The molecule has 0 saturated heterocycles. The van der Waals surface area contributed by atoms with Gasteiger partial charge in [0.15, 0.2) is 0 Å². The number of nitrogens with zero attached hydrogens (tertiary/aromatic N) is 1. The maximum atomic E-state index is 9.01. The fraction of sp³-hybridized carbons (Fsp3) is 0.222. The third-order valence-electron chi connectivity index (χ3n) is 1.23. The summed E-state index contributed by atoms with van der Waals surface area (Å²) in [7, 11) is 0. The number of hydrogen-bond acceptors (Lipinski definition) is 3. The Kier molecular flexibility index (Phi) is 3.12. The van der Waals surface area contributed by atoms with Crippen molar-refractivity contribution in [3.8, 4) is 17.6 Å². The van der Waals surface area contributed by atoms with E-state index in [9.17, 15) is 0 Å². The van der Waals surface area contributed by atoms with Gasteiger partial charge in [-0.25, -0.2) is 0 Å².